The highest BCUT2D eigenvalue weighted by atomic mass is 19.1. The predicted molar refractivity (Wildman–Crippen MR) is 131 cm³/mol. The van der Waals surface area contributed by atoms with Gasteiger partial charge in [0, 0.05) is 18.2 Å². The number of H-pyrrole nitrogens is 1. The van der Waals surface area contributed by atoms with Gasteiger partial charge in [-0.05, 0) is 59.4 Å². The second-order valence-electron chi connectivity index (χ2n) is 8.98. The summed E-state index contributed by atoms with van der Waals surface area (Å²) < 4.78 is 14.8. The maximum Gasteiger partial charge on any atom is 0.270 e. The molecule has 12 nitrogen and oxygen atoms in total. The van der Waals surface area contributed by atoms with Crippen LogP contribution >= 0.6 is 0 Å². The molecule has 2 amide bonds. The molecule has 0 spiro atoms. The third kappa shape index (κ3) is 4.34. The Hall–Kier alpha value is -5.07. The first-order chi connectivity index (χ1) is 18.5. The van der Waals surface area contributed by atoms with Gasteiger partial charge in [-0.1, -0.05) is 24.3 Å². The van der Waals surface area contributed by atoms with Crippen LogP contribution in [0.15, 0.2) is 48.8 Å². The van der Waals surface area contributed by atoms with Gasteiger partial charge in [-0.2, -0.15) is 19.8 Å². The summed E-state index contributed by atoms with van der Waals surface area (Å²) in [5, 5.41) is 23.9. The standard InChI is InChI=1S/C25H21FN10O2/c1-13-8-14(2-6-18(13)26)11-27-24(38)21-10-20(31-25-28-12-29-36(21)25)23(37)30-19-7-4-15-9-16(3-5-17(15)19)22-32-34-35-33-22/h2-3,5-6,8-10,12,19H,4,7,11H2,1H3,(H,27,38)(H,30,37)(H,32,33,34,35)/t19-/m0/s1. The molecule has 3 N–H and O–H groups in total. The third-order valence-electron chi connectivity index (χ3n) is 6.52. The summed E-state index contributed by atoms with van der Waals surface area (Å²) in [5.41, 5.74) is 4.31. The Bertz CT molecular complexity index is 1680. The molecule has 0 saturated heterocycles. The predicted octanol–water partition coefficient (Wildman–Crippen LogP) is 2.10. The van der Waals surface area contributed by atoms with Gasteiger partial charge >= 0.3 is 0 Å². The molecule has 13 heteroatoms. The van der Waals surface area contributed by atoms with Gasteiger partial charge in [0.15, 0.2) is 0 Å². The second-order valence-corrected chi connectivity index (χ2v) is 8.98. The molecule has 0 unspecified atom stereocenters. The van der Waals surface area contributed by atoms with E-state index in [1.165, 1.54) is 23.0 Å². The van der Waals surface area contributed by atoms with Crippen molar-refractivity contribution in [2.45, 2.75) is 32.4 Å². The molecule has 3 aromatic heterocycles. The molecule has 1 atom stereocenters. The minimum Gasteiger partial charge on any atom is -0.347 e. The number of hydrogen-bond acceptors (Lipinski definition) is 8. The van der Waals surface area contributed by atoms with E-state index in [0.29, 0.717) is 17.8 Å². The zero-order valence-corrected chi connectivity index (χ0v) is 20.1. The van der Waals surface area contributed by atoms with Gasteiger partial charge in [0.2, 0.25) is 5.82 Å². The molecule has 5 aromatic rings. The van der Waals surface area contributed by atoms with E-state index in [1.54, 1.807) is 19.1 Å². The van der Waals surface area contributed by atoms with Crippen LogP contribution in [0.2, 0.25) is 0 Å². The van der Waals surface area contributed by atoms with Gasteiger partial charge in [0.05, 0.1) is 6.04 Å². The highest BCUT2D eigenvalue weighted by Crippen LogP contribution is 2.33. The molecule has 190 valence electrons. The zero-order chi connectivity index (χ0) is 26.2. The summed E-state index contributed by atoms with van der Waals surface area (Å²) in [6.07, 6.45) is 2.76. The normalized spacial score (nSPS) is 14.4. The van der Waals surface area contributed by atoms with Gasteiger partial charge in [0.25, 0.3) is 17.6 Å². The first kappa shape index (κ1) is 23.3. The average Bonchev–Trinajstić information content (AvgIpc) is 3.69. The van der Waals surface area contributed by atoms with E-state index < -0.39 is 11.8 Å². The first-order valence-electron chi connectivity index (χ1n) is 11.9. The molecule has 38 heavy (non-hydrogen) atoms. The fourth-order valence-electron chi connectivity index (χ4n) is 4.60. The molecule has 1 aliphatic rings. The molecular formula is C25H21FN10O2. The minimum absolute atomic E-state index is 0.0464. The maximum absolute atomic E-state index is 13.6. The van der Waals surface area contributed by atoms with Crippen molar-refractivity contribution in [3.05, 3.63) is 88.3 Å². The van der Waals surface area contributed by atoms with Crippen molar-refractivity contribution in [2.75, 3.05) is 0 Å². The summed E-state index contributed by atoms with van der Waals surface area (Å²) in [6, 6.07) is 11.6. The number of aromatic amines is 1. The van der Waals surface area contributed by atoms with Crippen LogP contribution in [0.1, 0.15) is 55.7 Å². The van der Waals surface area contributed by atoms with Gasteiger partial charge in [-0.25, -0.2) is 9.37 Å². The van der Waals surface area contributed by atoms with Gasteiger partial charge < -0.3 is 10.6 Å². The fraction of sp³-hybridized carbons (Fsp3) is 0.200. The van der Waals surface area contributed by atoms with Gasteiger partial charge in [0.1, 0.15) is 23.5 Å². The Kier molecular flexibility index (Phi) is 5.79. The van der Waals surface area contributed by atoms with E-state index in [1.807, 2.05) is 18.2 Å². The van der Waals surface area contributed by atoms with Crippen LogP contribution in [0.5, 0.6) is 0 Å². The molecule has 0 bridgehead atoms. The van der Waals surface area contributed by atoms with Crippen LogP contribution < -0.4 is 10.6 Å². The number of fused-ring (bicyclic) bond motifs is 2. The van der Waals surface area contributed by atoms with Crippen molar-refractivity contribution in [1.29, 1.82) is 0 Å². The van der Waals surface area contributed by atoms with Gasteiger partial charge in [-0.15, -0.1) is 10.2 Å². The van der Waals surface area contributed by atoms with Crippen molar-refractivity contribution < 1.29 is 14.0 Å². The lowest BCUT2D eigenvalue weighted by atomic mass is 10.0. The maximum atomic E-state index is 13.6. The summed E-state index contributed by atoms with van der Waals surface area (Å²) >= 11 is 0. The number of carbonyl (C=O) groups excluding carboxylic acids is 2. The molecule has 0 radical (unpaired) electrons. The quantitative estimate of drug-likeness (QED) is 0.312. The zero-order valence-electron chi connectivity index (χ0n) is 20.1. The van der Waals surface area contributed by atoms with Crippen LogP contribution in [-0.2, 0) is 13.0 Å². The molecule has 0 saturated carbocycles. The molecular weight excluding hydrogens is 491 g/mol. The first-order valence-corrected chi connectivity index (χ1v) is 11.9. The van der Waals surface area contributed by atoms with Crippen molar-refractivity contribution in [3.8, 4) is 11.4 Å². The number of amides is 2. The van der Waals surface area contributed by atoms with E-state index >= 15 is 0 Å². The summed E-state index contributed by atoms with van der Waals surface area (Å²) in [5.74, 6) is -0.590. The molecule has 2 aromatic carbocycles. The number of hydrogen-bond donors (Lipinski definition) is 3. The molecule has 6 rings (SSSR count). The van der Waals surface area contributed by atoms with E-state index in [4.69, 9.17) is 0 Å². The van der Waals surface area contributed by atoms with Crippen LogP contribution in [0.25, 0.3) is 17.2 Å². The van der Waals surface area contributed by atoms with Crippen LogP contribution in [0, 0.1) is 12.7 Å². The topological polar surface area (TPSA) is 156 Å². The summed E-state index contributed by atoms with van der Waals surface area (Å²) in [4.78, 5) is 34.6. The second kappa shape index (κ2) is 9.42. The highest BCUT2D eigenvalue weighted by Gasteiger charge is 2.26. The van der Waals surface area contributed by atoms with Crippen molar-refractivity contribution in [1.82, 2.24) is 50.8 Å². The monoisotopic (exact) mass is 512 g/mol. The number of rotatable bonds is 6. The largest absolute Gasteiger partial charge is 0.347 e. The number of nitrogens with one attached hydrogen (secondary N) is 3. The van der Waals surface area contributed by atoms with Crippen LogP contribution in [0.4, 0.5) is 4.39 Å². The summed E-state index contributed by atoms with van der Waals surface area (Å²) in [7, 11) is 0. The van der Waals surface area contributed by atoms with Gasteiger partial charge in [-0.3, -0.25) is 9.59 Å². The van der Waals surface area contributed by atoms with E-state index in [0.717, 1.165) is 28.7 Å². The smallest absolute Gasteiger partial charge is 0.270 e. The third-order valence-corrected chi connectivity index (χ3v) is 6.52. The van der Waals surface area contributed by atoms with Crippen molar-refractivity contribution in [3.63, 3.8) is 0 Å². The average molecular weight is 513 g/mol. The lowest BCUT2D eigenvalue weighted by Crippen LogP contribution is -2.30. The van der Waals surface area contributed by atoms with Crippen LogP contribution in [0.3, 0.4) is 0 Å². The van der Waals surface area contributed by atoms with Crippen LogP contribution in [-0.4, -0.2) is 52.0 Å². The molecule has 1 aliphatic carbocycles. The minimum atomic E-state index is -0.473. The Balaban J connectivity index is 1.21. The SMILES string of the molecule is Cc1cc(CNC(=O)c2cc(C(=O)N[C@H]3CCc4cc(-c5nn[nH]n5)ccc43)nc3ncnn23)ccc1F. The van der Waals surface area contributed by atoms with Crippen molar-refractivity contribution >= 4 is 17.6 Å². The Morgan fingerprint density at radius 3 is 2.87 bits per heavy atom. The summed E-state index contributed by atoms with van der Waals surface area (Å²) in [6.45, 7) is 1.83. The Labute approximate surface area is 214 Å². The highest BCUT2D eigenvalue weighted by molar-refractivity contribution is 5.98. The fourth-order valence-corrected chi connectivity index (χ4v) is 4.60. The number of nitrogens with zero attached hydrogens (tertiary/aromatic N) is 7. The Morgan fingerprint density at radius 1 is 1.16 bits per heavy atom. The van der Waals surface area contributed by atoms with E-state index in [9.17, 15) is 14.0 Å². The van der Waals surface area contributed by atoms with E-state index in [2.05, 4.69) is 46.3 Å². The molecule has 0 aliphatic heterocycles. The molecule has 3 heterocycles. The van der Waals surface area contributed by atoms with E-state index in [-0.39, 0.29) is 35.6 Å². The number of aryl methyl sites for hydroxylation is 2. The Morgan fingerprint density at radius 2 is 2.05 bits per heavy atom. The molecule has 0 fully saturated rings. The number of halogens is 1. The lowest BCUT2D eigenvalue weighted by molar-refractivity contribution is 0.0931. The van der Waals surface area contributed by atoms with Crippen molar-refractivity contribution in [2.24, 2.45) is 0 Å². The number of aromatic nitrogens is 8. The number of tetrazole rings is 1. The lowest BCUT2D eigenvalue weighted by Gasteiger charge is -2.15. The number of carbonyl (C=O) groups is 2. The number of benzene rings is 2.